The Hall–Kier alpha value is -2.56. The van der Waals surface area contributed by atoms with Gasteiger partial charge in [-0.1, -0.05) is 18.2 Å². The van der Waals surface area contributed by atoms with Crippen molar-refractivity contribution in [2.45, 2.75) is 38.7 Å². The number of aromatic nitrogens is 2. The van der Waals surface area contributed by atoms with Crippen LogP contribution in [-0.4, -0.2) is 52.4 Å². The van der Waals surface area contributed by atoms with Gasteiger partial charge in [-0.15, -0.1) is 0 Å². The minimum absolute atomic E-state index is 0.111. The molecule has 0 bridgehead atoms. The highest BCUT2D eigenvalue weighted by Crippen LogP contribution is 2.36. The van der Waals surface area contributed by atoms with Gasteiger partial charge in [0.1, 0.15) is 18.4 Å². The predicted octanol–water partition coefficient (Wildman–Crippen LogP) is 1.43. The molecule has 1 fully saturated rings. The summed E-state index contributed by atoms with van der Waals surface area (Å²) in [5, 5.41) is 3.14. The Morgan fingerprint density at radius 2 is 2.06 bits per heavy atom. The van der Waals surface area contributed by atoms with Crippen LogP contribution >= 0.6 is 8.60 Å². The van der Waals surface area contributed by atoms with Gasteiger partial charge in [-0.3, -0.25) is 19.1 Å². The maximum absolute atomic E-state index is 12.2. The second-order valence-corrected chi connectivity index (χ2v) is 8.14. The minimum Gasteiger partial charge on any atom is -0.460 e. The number of benzene rings is 1. The van der Waals surface area contributed by atoms with Crippen LogP contribution in [0.2, 0.25) is 0 Å². The molecular weight excluding hydrogens is 441 g/mol. The highest BCUT2D eigenvalue weighted by molar-refractivity contribution is 7.40. The van der Waals surface area contributed by atoms with Gasteiger partial charge in [0.05, 0.1) is 13.2 Å². The monoisotopic (exact) mass is 467 g/mol. The first kappa shape index (κ1) is 24.1. The van der Waals surface area contributed by atoms with E-state index in [0.29, 0.717) is 12.1 Å². The standard InChI is InChI=1S/C20H26N3O8P/c1-13-11-23(20(26)22-19(13)25)18-10-16(30-14(2)24)17(31-18)12-29-32(27)28-9-8-21-15-6-4-3-5-7-15/h3-7,11,16-18,21,27H,8-10,12H2,1-2H3,(H,22,25,26)/t16-,17+,18+,32?/m0/s1. The number of esters is 1. The van der Waals surface area contributed by atoms with E-state index in [4.69, 9.17) is 18.5 Å². The third-order valence-corrected chi connectivity index (χ3v) is 5.48. The molecule has 32 heavy (non-hydrogen) atoms. The van der Waals surface area contributed by atoms with Crippen molar-refractivity contribution < 1.29 is 28.2 Å². The van der Waals surface area contributed by atoms with Crippen molar-refractivity contribution in [1.29, 1.82) is 0 Å². The highest BCUT2D eigenvalue weighted by Gasteiger charge is 2.39. The Labute approximate surface area is 185 Å². The van der Waals surface area contributed by atoms with E-state index >= 15 is 0 Å². The largest absolute Gasteiger partial charge is 0.460 e. The summed E-state index contributed by atoms with van der Waals surface area (Å²) >= 11 is 0. The summed E-state index contributed by atoms with van der Waals surface area (Å²) in [6.45, 7) is 3.41. The molecule has 1 aromatic carbocycles. The molecule has 1 aromatic heterocycles. The fraction of sp³-hybridized carbons (Fsp3) is 0.450. The predicted molar refractivity (Wildman–Crippen MR) is 116 cm³/mol. The number of ether oxygens (including phenoxy) is 2. The molecule has 1 saturated heterocycles. The lowest BCUT2D eigenvalue weighted by molar-refractivity contribution is -0.150. The molecule has 11 nitrogen and oxygen atoms in total. The summed E-state index contributed by atoms with van der Waals surface area (Å²) in [6.07, 6.45) is -0.616. The molecule has 0 spiro atoms. The molecule has 0 radical (unpaired) electrons. The number of hydrogen-bond donors (Lipinski definition) is 3. The van der Waals surface area contributed by atoms with Crippen molar-refractivity contribution >= 4 is 20.3 Å². The number of hydrogen-bond acceptors (Lipinski definition) is 9. The van der Waals surface area contributed by atoms with Gasteiger partial charge >= 0.3 is 20.3 Å². The van der Waals surface area contributed by atoms with Gasteiger partial charge in [0.25, 0.3) is 5.56 Å². The van der Waals surface area contributed by atoms with Crippen LogP contribution in [0.15, 0.2) is 46.1 Å². The molecule has 0 saturated carbocycles. The van der Waals surface area contributed by atoms with E-state index in [1.807, 2.05) is 30.3 Å². The second-order valence-electron chi connectivity index (χ2n) is 7.15. The fourth-order valence-electron chi connectivity index (χ4n) is 3.21. The van der Waals surface area contributed by atoms with Gasteiger partial charge in [-0.2, -0.15) is 0 Å². The number of carbonyl (C=O) groups is 1. The average Bonchev–Trinajstić information content (AvgIpc) is 3.14. The van der Waals surface area contributed by atoms with E-state index in [1.165, 1.54) is 17.7 Å². The normalized spacial score (nSPS) is 21.3. The summed E-state index contributed by atoms with van der Waals surface area (Å²) in [7, 11) is -2.18. The number of para-hydroxylation sites is 1. The summed E-state index contributed by atoms with van der Waals surface area (Å²) in [5.41, 5.74) is 0.160. The van der Waals surface area contributed by atoms with Crippen LogP contribution in [0.1, 0.15) is 25.1 Å². The van der Waals surface area contributed by atoms with E-state index in [1.54, 1.807) is 6.92 Å². The second kappa shape index (κ2) is 11.3. The number of aromatic amines is 1. The van der Waals surface area contributed by atoms with Gasteiger partial charge in [0, 0.05) is 37.3 Å². The first-order chi connectivity index (χ1) is 15.3. The van der Waals surface area contributed by atoms with Crippen LogP contribution < -0.4 is 16.6 Å². The van der Waals surface area contributed by atoms with Crippen LogP contribution in [0.4, 0.5) is 5.69 Å². The number of nitrogens with one attached hydrogen (secondary N) is 2. The molecular formula is C20H26N3O8P. The third kappa shape index (κ3) is 6.72. The van der Waals surface area contributed by atoms with E-state index in [-0.39, 0.29) is 19.6 Å². The lowest BCUT2D eigenvalue weighted by Gasteiger charge is -2.19. The van der Waals surface area contributed by atoms with Crippen molar-refractivity contribution in [2.75, 3.05) is 25.1 Å². The summed E-state index contributed by atoms with van der Waals surface area (Å²) in [4.78, 5) is 47.5. The van der Waals surface area contributed by atoms with Gasteiger partial charge < -0.3 is 28.7 Å². The average molecular weight is 467 g/mol. The lowest BCUT2D eigenvalue weighted by Crippen LogP contribution is -2.33. The maximum Gasteiger partial charge on any atom is 0.330 e. The van der Waals surface area contributed by atoms with Crippen LogP contribution in [-0.2, 0) is 23.3 Å². The number of H-pyrrole nitrogens is 1. The zero-order valence-electron chi connectivity index (χ0n) is 17.7. The molecule has 2 heterocycles. The number of nitrogens with zero attached hydrogens (tertiary/aromatic N) is 1. The molecule has 174 valence electrons. The van der Waals surface area contributed by atoms with Gasteiger partial charge in [-0.25, -0.2) is 4.79 Å². The molecule has 3 rings (SSSR count). The number of aryl methyl sites for hydroxylation is 1. The number of carbonyl (C=O) groups excluding carboxylic acids is 1. The van der Waals surface area contributed by atoms with Crippen LogP contribution in [0, 0.1) is 6.92 Å². The molecule has 2 aromatic rings. The minimum atomic E-state index is -2.18. The Morgan fingerprint density at radius 1 is 1.31 bits per heavy atom. The molecule has 3 N–H and O–H groups in total. The smallest absolute Gasteiger partial charge is 0.330 e. The van der Waals surface area contributed by atoms with Gasteiger partial charge in [-0.05, 0) is 19.1 Å². The Bertz CT molecular complexity index is 1010. The zero-order chi connectivity index (χ0) is 23.1. The van der Waals surface area contributed by atoms with Crippen LogP contribution in [0.5, 0.6) is 0 Å². The molecule has 0 aliphatic carbocycles. The van der Waals surface area contributed by atoms with Crippen molar-refractivity contribution in [2.24, 2.45) is 0 Å². The summed E-state index contributed by atoms with van der Waals surface area (Å²) in [6, 6.07) is 9.55. The lowest BCUT2D eigenvalue weighted by atomic mass is 10.2. The molecule has 12 heteroatoms. The Balaban J connectivity index is 1.52. The van der Waals surface area contributed by atoms with Gasteiger partial charge in [0.15, 0.2) is 0 Å². The molecule has 4 atom stereocenters. The van der Waals surface area contributed by atoms with Crippen molar-refractivity contribution in [3.05, 3.63) is 62.9 Å². The van der Waals surface area contributed by atoms with Crippen LogP contribution in [0.3, 0.4) is 0 Å². The summed E-state index contributed by atoms with van der Waals surface area (Å²) < 4.78 is 23.0. The first-order valence-electron chi connectivity index (χ1n) is 10.0. The molecule has 0 amide bonds. The Morgan fingerprint density at radius 3 is 2.78 bits per heavy atom. The highest BCUT2D eigenvalue weighted by atomic mass is 31.2. The number of rotatable bonds is 10. The van der Waals surface area contributed by atoms with Crippen LogP contribution in [0.25, 0.3) is 0 Å². The molecule has 1 aliphatic rings. The summed E-state index contributed by atoms with van der Waals surface area (Å²) in [5.74, 6) is -0.510. The fourth-order valence-corrected chi connectivity index (χ4v) is 3.80. The Kier molecular flexibility index (Phi) is 8.54. The van der Waals surface area contributed by atoms with E-state index in [0.717, 1.165) is 5.69 Å². The molecule has 1 aliphatic heterocycles. The quantitative estimate of drug-likeness (QED) is 0.269. The zero-order valence-corrected chi connectivity index (χ0v) is 18.6. The van der Waals surface area contributed by atoms with E-state index < -0.39 is 44.3 Å². The van der Waals surface area contributed by atoms with E-state index in [2.05, 4.69) is 10.3 Å². The van der Waals surface area contributed by atoms with Crippen molar-refractivity contribution in [3.63, 3.8) is 0 Å². The third-order valence-electron chi connectivity index (χ3n) is 4.71. The number of anilines is 1. The first-order valence-corrected chi connectivity index (χ1v) is 11.1. The van der Waals surface area contributed by atoms with Gasteiger partial charge in [0.2, 0.25) is 0 Å². The molecule has 1 unspecified atom stereocenters. The van der Waals surface area contributed by atoms with Crippen molar-refractivity contribution in [1.82, 2.24) is 9.55 Å². The maximum atomic E-state index is 12.2. The van der Waals surface area contributed by atoms with E-state index in [9.17, 15) is 19.3 Å². The van der Waals surface area contributed by atoms with Crippen molar-refractivity contribution in [3.8, 4) is 0 Å². The topological polar surface area (TPSA) is 141 Å². The SMILES string of the molecule is CC(=O)O[C@H]1C[C@H](n2cc(C)c(=O)[nH]c2=O)O[C@@H]1COP(O)OCCNc1ccccc1.